The first-order valence-electron chi connectivity index (χ1n) is 8.20. The third-order valence-corrected chi connectivity index (χ3v) is 6.35. The fraction of sp³-hybridized carbons (Fsp3) is 0.733. The van der Waals surface area contributed by atoms with Crippen LogP contribution >= 0.6 is 12.4 Å². The van der Waals surface area contributed by atoms with Gasteiger partial charge >= 0.3 is 0 Å². The van der Waals surface area contributed by atoms with Gasteiger partial charge in [-0.3, -0.25) is 9.48 Å². The molecule has 0 radical (unpaired) electrons. The molecule has 0 bridgehead atoms. The third kappa shape index (κ3) is 5.16. The zero-order valence-electron chi connectivity index (χ0n) is 15.1. The van der Waals surface area contributed by atoms with Crippen molar-refractivity contribution in [3.63, 3.8) is 0 Å². The molecule has 1 amide bonds. The number of nitrogens with two attached hydrogens (primary N) is 1. The Kier molecular flexibility index (Phi) is 7.42. The third-order valence-electron chi connectivity index (χ3n) is 4.55. The van der Waals surface area contributed by atoms with Crippen LogP contribution in [0.15, 0.2) is 4.90 Å². The zero-order valence-corrected chi connectivity index (χ0v) is 16.7. The average Bonchev–Trinajstić information content (AvgIpc) is 2.74. The number of hydrogen-bond donors (Lipinski definition) is 3. The van der Waals surface area contributed by atoms with Crippen molar-refractivity contribution in [1.82, 2.24) is 19.8 Å². The molecular weight excluding hydrogens is 366 g/mol. The number of sulfonamides is 1. The standard InChI is InChI=1S/C15H27N5O3S.ClH/c1-9-14(11(3)20(4)18-9)24(22,23)19-10(2)15(21)17-13-7-5-12(16)6-8-13;/h10,12-13,19H,5-8,16H2,1-4H3,(H,17,21);1H. The smallest absolute Gasteiger partial charge is 0.244 e. The summed E-state index contributed by atoms with van der Waals surface area (Å²) in [7, 11) is -2.12. The van der Waals surface area contributed by atoms with E-state index >= 15 is 0 Å². The molecule has 2 rings (SSSR count). The fourth-order valence-corrected chi connectivity index (χ4v) is 4.72. The van der Waals surface area contributed by atoms with E-state index < -0.39 is 16.1 Å². The molecule has 1 saturated carbocycles. The highest BCUT2D eigenvalue weighted by molar-refractivity contribution is 7.89. The molecule has 25 heavy (non-hydrogen) atoms. The van der Waals surface area contributed by atoms with Crippen molar-refractivity contribution in [2.45, 2.75) is 69.5 Å². The maximum absolute atomic E-state index is 12.6. The molecule has 0 saturated heterocycles. The number of carbonyl (C=O) groups excluding carboxylic acids is 1. The molecule has 1 aromatic heterocycles. The second-order valence-corrected chi connectivity index (χ2v) is 8.24. The molecule has 144 valence electrons. The Hall–Kier alpha value is -1.16. The molecule has 1 aliphatic rings. The monoisotopic (exact) mass is 393 g/mol. The van der Waals surface area contributed by atoms with Gasteiger partial charge in [0.15, 0.2) is 0 Å². The first-order chi connectivity index (χ1) is 11.1. The van der Waals surface area contributed by atoms with E-state index in [0.717, 1.165) is 25.7 Å². The van der Waals surface area contributed by atoms with Crippen LogP contribution in [0.1, 0.15) is 44.0 Å². The highest BCUT2D eigenvalue weighted by Crippen LogP contribution is 2.19. The molecule has 1 unspecified atom stereocenters. The molecule has 4 N–H and O–H groups in total. The Labute approximate surface area is 155 Å². The summed E-state index contributed by atoms with van der Waals surface area (Å²) in [5.41, 5.74) is 6.80. The zero-order chi connectivity index (χ0) is 18.1. The molecule has 0 aromatic carbocycles. The quantitative estimate of drug-likeness (QED) is 0.673. The second kappa shape index (κ2) is 8.48. The minimum atomic E-state index is -3.81. The summed E-state index contributed by atoms with van der Waals surface area (Å²) in [6.07, 6.45) is 3.40. The molecule has 1 atom stereocenters. The molecular formula is C15H28ClN5O3S. The van der Waals surface area contributed by atoms with Crippen LogP contribution in [-0.2, 0) is 21.9 Å². The van der Waals surface area contributed by atoms with E-state index in [1.807, 2.05) is 0 Å². The van der Waals surface area contributed by atoms with Crippen molar-refractivity contribution in [3.8, 4) is 0 Å². The van der Waals surface area contributed by atoms with Crippen molar-refractivity contribution in [3.05, 3.63) is 11.4 Å². The van der Waals surface area contributed by atoms with Crippen molar-refractivity contribution in [2.75, 3.05) is 0 Å². The first-order valence-corrected chi connectivity index (χ1v) is 9.68. The lowest BCUT2D eigenvalue weighted by molar-refractivity contribution is -0.123. The fourth-order valence-electron chi connectivity index (χ4n) is 3.08. The lowest BCUT2D eigenvalue weighted by Gasteiger charge is -2.28. The number of nitrogens with one attached hydrogen (secondary N) is 2. The summed E-state index contributed by atoms with van der Waals surface area (Å²) < 4.78 is 29.1. The summed E-state index contributed by atoms with van der Waals surface area (Å²) in [6.45, 7) is 4.87. The van der Waals surface area contributed by atoms with Crippen LogP contribution in [0.5, 0.6) is 0 Å². The van der Waals surface area contributed by atoms with E-state index in [2.05, 4.69) is 15.1 Å². The predicted molar refractivity (Wildman–Crippen MR) is 98.1 cm³/mol. The number of aryl methyl sites for hydroxylation is 2. The van der Waals surface area contributed by atoms with Gasteiger partial charge < -0.3 is 11.1 Å². The van der Waals surface area contributed by atoms with Crippen LogP contribution in [0.4, 0.5) is 0 Å². The van der Waals surface area contributed by atoms with Crippen LogP contribution in [-0.4, -0.2) is 42.2 Å². The minimum Gasteiger partial charge on any atom is -0.352 e. The number of amides is 1. The van der Waals surface area contributed by atoms with Crippen molar-refractivity contribution in [1.29, 1.82) is 0 Å². The lowest BCUT2D eigenvalue weighted by Crippen LogP contribution is -2.49. The number of carbonyl (C=O) groups is 1. The number of hydrogen-bond acceptors (Lipinski definition) is 5. The van der Waals surface area contributed by atoms with Crippen molar-refractivity contribution in [2.24, 2.45) is 12.8 Å². The van der Waals surface area contributed by atoms with Gasteiger partial charge in [0.05, 0.1) is 17.4 Å². The van der Waals surface area contributed by atoms with E-state index in [1.54, 1.807) is 27.8 Å². The number of aromatic nitrogens is 2. The van der Waals surface area contributed by atoms with Crippen LogP contribution in [0.3, 0.4) is 0 Å². The molecule has 1 aliphatic carbocycles. The lowest BCUT2D eigenvalue weighted by atomic mass is 9.92. The largest absolute Gasteiger partial charge is 0.352 e. The summed E-state index contributed by atoms with van der Waals surface area (Å²) in [4.78, 5) is 12.4. The van der Waals surface area contributed by atoms with Gasteiger partial charge in [0.1, 0.15) is 4.90 Å². The Balaban J connectivity index is 0.00000312. The minimum absolute atomic E-state index is 0. The molecule has 0 spiro atoms. The van der Waals surface area contributed by atoms with E-state index in [1.165, 1.54) is 4.68 Å². The summed E-state index contributed by atoms with van der Waals surface area (Å²) in [6, 6.07) is -0.596. The Morgan fingerprint density at radius 2 is 1.84 bits per heavy atom. The number of nitrogens with zero attached hydrogens (tertiary/aromatic N) is 2. The number of halogens is 1. The molecule has 8 nitrogen and oxygen atoms in total. The maximum atomic E-state index is 12.6. The summed E-state index contributed by atoms with van der Waals surface area (Å²) in [5, 5.41) is 7.02. The molecule has 1 heterocycles. The average molecular weight is 394 g/mol. The summed E-state index contributed by atoms with van der Waals surface area (Å²) >= 11 is 0. The van der Waals surface area contributed by atoms with Gasteiger partial charge in [-0.05, 0) is 46.5 Å². The maximum Gasteiger partial charge on any atom is 0.244 e. The predicted octanol–water partition coefficient (Wildman–Crippen LogP) is 0.512. The molecule has 1 fully saturated rings. The number of rotatable bonds is 5. The van der Waals surface area contributed by atoms with Crippen molar-refractivity contribution < 1.29 is 13.2 Å². The highest BCUT2D eigenvalue weighted by Gasteiger charge is 2.29. The van der Waals surface area contributed by atoms with Crippen LogP contribution in [0, 0.1) is 13.8 Å². The SMILES string of the molecule is Cc1nn(C)c(C)c1S(=O)(=O)NC(C)C(=O)NC1CCC(N)CC1.Cl. The van der Waals surface area contributed by atoms with Gasteiger partial charge in [-0.15, -0.1) is 12.4 Å². The molecule has 10 heteroatoms. The van der Waals surface area contributed by atoms with E-state index in [4.69, 9.17) is 5.73 Å². The second-order valence-electron chi connectivity index (χ2n) is 6.59. The van der Waals surface area contributed by atoms with Gasteiger partial charge in [-0.1, -0.05) is 0 Å². The van der Waals surface area contributed by atoms with Gasteiger partial charge in [-0.2, -0.15) is 9.82 Å². The first kappa shape index (κ1) is 21.9. The van der Waals surface area contributed by atoms with E-state index in [0.29, 0.717) is 11.4 Å². The Morgan fingerprint density at radius 1 is 1.28 bits per heavy atom. The van der Waals surface area contributed by atoms with Crippen LogP contribution < -0.4 is 15.8 Å². The van der Waals surface area contributed by atoms with Crippen LogP contribution in [0.2, 0.25) is 0 Å². The normalized spacial score (nSPS) is 22.1. The van der Waals surface area contributed by atoms with Gasteiger partial charge in [0, 0.05) is 19.1 Å². The highest BCUT2D eigenvalue weighted by atomic mass is 35.5. The van der Waals surface area contributed by atoms with Crippen LogP contribution in [0.25, 0.3) is 0 Å². The Morgan fingerprint density at radius 3 is 2.32 bits per heavy atom. The van der Waals surface area contributed by atoms with Gasteiger partial charge in [-0.25, -0.2) is 8.42 Å². The van der Waals surface area contributed by atoms with Gasteiger partial charge in [0.25, 0.3) is 0 Å². The summed E-state index contributed by atoms with van der Waals surface area (Å²) in [5.74, 6) is -0.321. The van der Waals surface area contributed by atoms with Gasteiger partial charge in [0.2, 0.25) is 15.9 Å². The topological polar surface area (TPSA) is 119 Å². The van der Waals surface area contributed by atoms with E-state index in [9.17, 15) is 13.2 Å². The molecule has 0 aliphatic heterocycles. The molecule has 1 aromatic rings. The van der Waals surface area contributed by atoms with Crippen molar-refractivity contribution >= 4 is 28.3 Å². The Bertz CT molecular complexity index is 711. The van der Waals surface area contributed by atoms with E-state index in [-0.39, 0.29) is 35.3 Å².